The smallest absolute Gasteiger partial charge is 0.255 e. The van der Waals surface area contributed by atoms with Crippen molar-refractivity contribution in [1.29, 1.82) is 0 Å². The molecule has 0 bridgehead atoms. The summed E-state index contributed by atoms with van der Waals surface area (Å²) in [6.45, 7) is 1.51. The van der Waals surface area contributed by atoms with Crippen molar-refractivity contribution in [2.24, 2.45) is 0 Å². The van der Waals surface area contributed by atoms with E-state index in [0.29, 0.717) is 11.6 Å². The van der Waals surface area contributed by atoms with Gasteiger partial charge in [0, 0.05) is 25.3 Å². The van der Waals surface area contributed by atoms with Gasteiger partial charge in [-0.2, -0.15) is 0 Å². The van der Waals surface area contributed by atoms with Crippen LogP contribution in [0.4, 0.5) is 0 Å². The number of rotatable bonds is 2. The van der Waals surface area contributed by atoms with Gasteiger partial charge in [-0.25, -0.2) is 0 Å². The van der Waals surface area contributed by atoms with Gasteiger partial charge in [0.15, 0.2) is 0 Å². The normalized spacial score (nSPS) is 20.2. The Labute approximate surface area is 107 Å². The number of carbonyl (C=O) groups is 1. The van der Waals surface area contributed by atoms with Gasteiger partial charge in [-0.05, 0) is 33.0 Å². The summed E-state index contributed by atoms with van der Waals surface area (Å²) in [5.41, 5.74) is 0.453. The maximum absolute atomic E-state index is 12.3. The highest BCUT2D eigenvalue weighted by molar-refractivity contribution is 5.94. The van der Waals surface area contributed by atoms with E-state index in [9.17, 15) is 9.90 Å². The molecule has 0 radical (unpaired) electrons. The van der Waals surface area contributed by atoms with Crippen molar-refractivity contribution < 1.29 is 9.90 Å². The molecule has 1 aliphatic rings. The first-order valence-electron chi connectivity index (χ1n) is 6.17. The van der Waals surface area contributed by atoms with Crippen LogP contribution in [0.25, 0.3) is 0 Å². The SMILES string of the molecule is CN(C)[C@@H]1CCCN(C(=O)c2cncc(O)c2)C1. The number of hydrogen-bond acceptors (Lipinski definition) is 4. The monoisotopic (exact) mass is 249 g/mol. The molecule has 0 aromatic carbocycles. The van der Waals surface area contributed by atoms with Gasteiger partial charge in [-0.1, -0.05) is 0 Å². The first-order valence-corrected chi connectivity index (χ1v) is 6.17. The van der Waals surface area contributed by atoms with Crippen molar-refractivity contribution in [3.8, 4) is 5.75 Å². The minimum atomic E-state index is -0.0510. The van der Waals surface area contributed by atoms with E-state index in [0.717, 1.165) is 25.9 Å². The number of nitrogens with zero attached hydrogens (tertiary/aromatic N) is 3. The highest BCUT2D eigenvalue weighted by atomic mass is 16.3. The van der Waals surface area contributed by atoms with Crippen LogP contribution in [-0.4, -0.2) is 59.0 Å². The van der Waals surface area contributed by atoms with E-state index in [-0.39, 0.29) is 11.7 Å². The van der Waals surface area contributed by atoms with Crippen molar-refractivity contribution in [3.63, 3.8) is 0 Å². The van der Waals surface area contributed by atoms with Crippen molar-refractivity contribution in [2.75, 3.05) is 27.2 Å². The van der Waals surface area contributed by atoms with Crippen LogP contribution in [0, 0.1) is 0 Å². The van der Waals surface area contributed by atoms with Gasteiger partial charge in [-0.3, -0.25) is 9.78 Å². The maximum Gasteiger partial charge on any atom is 0.255 e. The van der Waals surface area contributed by atoms with E-state index in [2.05, 4.69) is 9.88 Å². The lowest BCUT2D eigenvalue weighted by molar-refractivity contribution is 0.0634. The second-order valence-electron chi connectivity index (χ2n) is 4.94. The van der Waals surface area contributed by atoms with Crippen molar-refractivity contribution in [3.05, 3.63) is 24.0 Å². The molecule has 1 fully saturated rings. The van der Waals surface area contributed by atoms with E-state index < -0.39 is 0 Å². The minimum Gasteiger partial charge on any atom is -0.506 e. The molecule has 0 spiro atoms. The standard InChI is InChI=1S/C13H19N3O2/c1-15(2)11-4-3-5-16(9-11)13(18)10-6-12(17)8-14-7-10/h6-8,11,17H,3-5,9H2,1-2H3/t11-/m1/s1. The predicted octanol–water partition coefficient (Wildman–Crippen LogP) is 0.953. The molecule has 1 amide bonds. The molecule has 2 heterocycles. The van der Waals surface area contributed by atoms with E-state index in [1.807, 2.05) is 19.0 Å². The van der Waals surface area contributed by atoms with Crippen molar-refractivity contribution >= 4 is 5.91 Å². The fourth-order valence-electron chi connectivity index (χ4n) is 2.29. The average molecular weight is 249 g/mol. The number of aromatic nitrogens is 1. The molecule has 1 aromatic rings. The third kappa shape index (κ3) is 2.79. The molecule has 0 aliphatic carbocycles. The van der Waals surface area contributed by atoms with Gasteiger partial charge in [-0.15, -0.1) is 0 Å². The quantitative estimate of drug-likeness (QED) is 0.848. The molecule has 18 heavy (non-hydrogen) atoms. The first kappa shape index (κ1) is 12.8. The number of likely N-dealkylation sites (N-methyl/N-ethyl adjacent to an activating group) is 1. The molecule has 0 saturated carbocycles. The molecule has 0 unspecified atom stereocenters. The number of aromatic hydroxyl groups is 1. The molecule has 1 aromatic heterocycles. The third-order valence-corrected chi connectivity index (χ3v) is 3.38. The van der Waals surface area contributed by atoms with Crippen LogP contribution in [0.5, 0.6) is 5.75 Å². The fourth-order valence-corrected chi connectivity index (χ4v) is 2.29. The number of likely N-dealkylation sites (tertiary alicyclic amines) is 1. The Kier molecular flexibility index (Phi) is 3.81. The first-order chi connectivity index (χ1) is 8.58. The Bertz CT molecular complexity index is 434. The van der Waals surface area contributed by atoms with E-state index in [1.54, 1.807) is 0 Å². The average Bonchev–Trinajstić information content (AvgIpc) is 2.38. The Morgan fingerprint density at radius 3 is 2.94 bits per heavy atom. The van der Waals surface area contributed by atoms with Crippen LogP contribution in [-0.2, 0) is 0 Å². The summed E-state index contributed by atoms with van der Waals surface area (Å²) >= 11 is 0. The Morgan fingerprint density at radius 2 is 2.28 bits per heavy atom. The highest BCUT2D eigenvalue weighted by Crippen LogP contribution is 2.17. The lowest BCUT2D eigenvalue weighted by atomic mass is 10.0. The van der Waals surface area contributed by atoms with Crippen LogP contribution < -0.4 is 0 Å². The molecule has 5 nitrogen and oxygen atoms in total. The molecule has 1 aliphatic heterocycles. The minimum absolute atomic E-state index is 0.0296. The van der Waals surface area contributed by atoms with E-state index >= 15 is 0 Å². The largest absolute Gasteiger partial charge is 0.506 e. The molecule has 98 valence electrons. The second kappa shape index (κ2) is 5.35. The third-order valence-electron chi connectivity index (χ3n) is 3.38. The summed E-state index contributed by atoms with van der Waals surface area (Å²) < 4.78 is 0. The molecule has 1 N–H and O–H groups in total. The molecular weight excluding hydrogens is 230 g/mol. The van der Waals surface area contributed by atoms with Crippen molar-refractivity contribution in [1.82, 2.24) is 14.8 Å². The molecule has 5 heteroatoms. The van der Waals surface area contributed by atoms with Gasteiger partial charge < -0.3 is 14.9 Å². The zero-order valence-corrected chi connectivity index (χ0v) is 10.8. The molecule has 2 rings (SSSR count). The summed E-state index contributed by atoms with van der Waals surface area (Å²) in [5.74, 6) is -0.0213. The van der Waals surface area contributed by atoms with Crippen LogP contribution in [0.2, 0.25) is 0 Å². The topological polar surface area (TPSA) is 56.7 Å². The van der Waals surface area contributed by atoms with Crippen LogP contribution >= 0.6 is 0 Å². The van der Waals surface area contributed by atoms with Gasteiger partial charge in [0.05, 0.1) is 11.8 Å². The molecule has 1 saturated heterocycles. The van der Waals surface area contributed by atoms with Gasteiger partial charge >= 0.3 is 0 Å². The summed E-state index contributed by atoms with van der Waals surface area (Å²) in [6, 6.07) is 1.88. The highest BCUT2D eigenvalue weighted by Gasteiger charge is 2.25. The van der Waals surface area contributed by atoms with Crippen LogP contribution in [0.15, 0.2) is 18.5 Å². The number of pyridine rings is 1. The van der Waals surface area contributed by atoms with E-state index in [4.69, 9.17) is 0 Å². The number of piperidine rings is 1. The van der Waals surface area contributed by atoms with Gasteiger partial charge in [0.2, 0.25) is 0 Å². The van der Waals surface area contributed by atoms with Crippen LogP contribution in [0.3, 0.4) is 0 Å². The number of carbonyl (C=O) groups excluding carboxylic acids is 1. The zero-order valence-electron chi connectivity index (χ0n) is 10.8. The Hall–Kier alpha value is -1.62. The number of amides is 1. The summed E-state index contributed by atoms with van der Waals surface area (Å²) in [5, 5.41) is 9.36. The molecular formula is C13H19N3O2. The van der Waals surface area contributed by atoms with Crippen LogP contribution in [0.1, 0.15) is 23.2 Å². The predicted molar refractivity (Wildman–Crippen MR) is 68.5 cm³/mol. The number of hydrogen-bond donors (Lipinski definition) is 1. The fraction of sp³-hybridized carbons (Fsp3) is 0.538. The second-order valence-corrected chi connectivity index (χ2v) is 4.94. The van der Waals surface area contributed by atoms with Crippen molar-refractivity contribution in [2.45, 2.75) is 18.9 Å². The summed E-state index contributed by atoms with van der Waals surface area (Å²) in [6.07, 6.45) is 4.97. The zero-order chi connectivity index (χ0) is 13.1. The summed E-state index contributed by atoms with van der Waals surface area (Å²) in [4.78, 5) is 20.1. The van der Waals surface area contributed by atoms with E-state index in [1.165, 1.54) is 18.5 Å². The Balaban J connectivity index is 2.09. The summed E-state index contributed by atoms with van der Waals surface area (Å²) in [7, 11) is 4.07. The molecule has 1 atom stereocenters. The van der Waals surface area contributed by atoms with Gasteiger partial charge in [0.1, 0.15) is 5.75 Å². The van der Waals surface area contributed by atoms with Gasteiger partial charge in [0.25, 0.3) is 5.91 Å². The maximum atomic E-state index is 12.3. The Morgan fingerprint density at radius 1 is 1.50 bits per heavy atom. The lowest BCUT2D eigenvalue weighted by Crippen LogP contribution is -2.47. The lowest BCUT2D eigenvalue weighted by Gasteiger charge is -2.36.